The van der Waals surface area contributed by atoms with E-state index in [0.29, 0.717) is 12.2 Å². The molecule has 164 valence electrons. The maximum absolute atomic E-state index is 12.8. The summed E-state index contributed by atoms with van der Waals surface area (Å²) in [4.78, 5) is 26.4. The summed E-state index contributed by atoms with van der Waals surface area (Å²) < 4.78 is 34.1. The van der Waals surface area contributed by atoms with Crippen LogP contribution in [0.25, 0.3) is 6.08 Å². The Morgan fingerprint density at radius 1 is 1.13 bits per heavy atom. The van der Waals surface area contributed by atoms with Crippen LogP contribution in [-0.4, -0.2) is 56.5 Å². The minimum absolute atomic E-state index is 0.0549. The van der Waals surface area contributed by atoms with E-state index in [9.17, 15) is 18.0 Å². The Kier molecular flexibility index (Phi) is 7.46. The van der Waals surface area contributed by atoms with Crippen molar-refractivity contribution in [2.75, 3.05) is 25.2 Å². The minimum atomic E-state index is -3.17. The van der Waals surface area contributed by atoms with Gasteiger partial charge in [-0.05, 0) is 35.8 Å². The highest BCUT2D eigenvalue weighted by Gasteiger charge is 2.34. The lowest BCUT2D eigenvalue weighted by molar-refractivity contribution is -0.149. The summed E-state index contributed by atoms with van der Waals surface area (Å²) in [7, 11) is -1.61. The molecule has 31 heavy (non-hydrogen) atoms. The lowest BCUT2D eigenvalue weighted by atomic mass is 10.1. The van der Waals surface area contributed by atoms with Crippen LogP contribution < -0.4 is 4.74 Å². The van der Waals surface area contributed by atoms with Crippen LogP contribution >= 0.6 is 0 Å². The SMILES string of the molecule is COc1cccc(/C=C/C(=O)OCC(=O)N(Cc2ccccc2)[C@H]2CCS(=O)(=O)C2)c1. The molecule has 1 fully saturated rings. The fraction of sp³-hybridized carbons (Fsp3) is 0.304. The number of sulfone groups is 1. The van der Waals surface area contributed by atoms with Crippen LogP contribution in [0.2, 0.25) is 0 Å². The largest absolute Gasteiger partial charge is 0.497 e. The number of ether oxygens (including phenoxy) is 2. The summed E-state index contributed by atoms with van der Waals surface area (Å²) in [6, 6.07) is 16.0. The van der Waals surface area contributed by atoms with Crippen LogP contribution in [0.4, 0.5) is 0 Å². The zero-order valence-corrected chi connectivity index (χ0v) is 18.1. The molecule has 2 aromatic rings. The summed E-state index contributed by atoms with van der Waals surface area (Å²) in [6.45, 7) is -0.193. The van der Waals surface area contributed by atoms with Gasteiger partial charge in [0.2, 0.25) is 0 Å². The zero-order valence-electron chi connectivity index (χ0n) is 17.3. The molecule has 0 aromatic heterocycles. The van der Waals surface area contributed by atoms with Gasteiger partial charge < -0.3 is 14.4 Å². The standard InChI is InChI=1S/C23H25NO6S/c1-29-21-9-5-8-18(14-21)10-11-23(26)30-16-22(25)24(15-19-6-3-2-4-7-19)20-12-13-31(27,28)17-20/h2-11,14,20H,12-13,15-17H2,1H3/b11-10+/t20-/m0/s1. The van der Waals surface area contributed by atoms with Gasteiger partial charge >= 0.3 is 5.97 Å². The number of carbonyl (C=O) groups is 2. The number of hydrogen-bond acceptors (Lipinski definition) is 6. The first-order valence-electron chi connectivity index (χ1n) is 9.89. The van der Waals surface area contributed by atoms with E-state index in [4.69, 9.17) is 9.47 Å². The van der Waals surface area contributed by atoms with Gasteiger partial charge in [-0.15, -0.1) is 0 Å². The second-order valence-corrected chi connectivity index (χ2v) is 9.51. The molecular weight excluding hydrogens is 418 g/mol. The molecule has 0 saturated carbocycles. The molecule has 8 heteroatoms. The topological polar surface area (TPSA) is 90.0 Å². The van der Waals surface area contributed by atoms with Crippen LogP contribution in [0.1, 0.15) is 17.5 Å². The summed E-state index contributed by atoms with van der Waals surface area (Å²) in [6.07, 6.45) is 3.19. The van der Waals surface area contributed by atoms with Crippen molar-refractivity contribution >= 4 is 27.8 Å². The lowest BCUT2D eigenvalue weighted by Crippen LogP contribution is -2.42. The van der Waals surface area contributed by atoms with E-state index in [1.807, 2.05) is 30.3 Å². The third-order valence-electron chi connectivity index (χ3n) is 5.01. The van der Waals surface area contributed by atoms with Crippen LogP contribution in [0.15, 0.2) is 60.7 Å². The highest BCUT2D eigenvalue weighted by molar-refractivity contribution is 7.91. The second-order valence-electron chi connectivity index (χ2n) is 7.28. The molecule has 2 aromatic carbocycles. The Balaban J connectivity index is 1.62. The van der Waals surface area contributed by atoms with Crippen molar-refractivity contribution in [1.82, 2.24) is 4.90 Å². The van der Waals surface area contributed by atoms with Crippen molar-refractivity contribution in [3.63, 3.8) is 0 Å². The van der Waals surface area contributed by atoms with Crippen molar-refractivity contribution in [2.24, 2.45) is 0 Å². The third kappa shape index (κ3) is 6.68. The molecule has 1 atom stereocenters. The number of rotatable bonds is 8. The molecule has 1 heterocycles. The first-order chi connectivity index (χ1) is 14.9. The molecule has 1 saturated heterocycles. The molecule has 0 N–H and O–H groups in total. The number of methoxy groups -OCH3 is 1. The quantitative estimate of drug-likeness (QED) is 0.460. The van der Waals surface area contributed by atoms with E-state index in [2.05, 4.69) is 0 Å². The van der Waals surface area contributed by atoms with Gasteiger partial charge in [0.05, 0.1) is 18.6 Å². The molecule has 0 radical (unpaired) electrons. The highest BCUT2D eigenvalue weighted by atomic mass is 32.2. The first kappa shape index (κ1) is 22.6. The van der Waals surface area contributed by atoms with Gasteiger partial charge in [-0.3, -0.25) is 4.79 Å². The molecule has 0 spiro atoms. The van der Waals surface area contributed by atoms with Crippen molar-refractivity contribution in [1.29, 1.82) is 0 Å². The van der Waals surface area contributed by atoms with Crippen molar-refractivity contribution in [3.8, 4) is 5.75 Å². The molecule has 0 unspecified atom stereocenters. The monoisotopic (exact) mass is 443 g/mol. The Bertz CT molecular complexity index is 1050. The van der Waals surface area contributed by atoms with E-state index in [-0.39, 0.29) is 18.1 Å². The predicted octanol–water partition coefficient (Wildman–Crippen LogP) is 2.47. The van der Waals surface area contributed by atoms with Gasteiger partial charge in [-0.2, -0.15) is 0 Å². The average molecular weight is 444 g/mol. The molecular formula is C23H25NO6S. The lowest BCUT2D eigenvalue weighted by Gasteiger charge is -2.28. The van der Waals surface area contributed by atoms with Gasteiger partial charge in [-0.25, -0.2) is 13.2 Å². The molecule has 1 aliphatic heterocycles. The van der Waals surface area contributed by atoms with Crippen molar-refractivity contribution in [3.05, 3.63) is 71.8 Å². The average Bonchev–Trinajstić information content (AvgIpc) is 3.14. The maximum Gasteiger partial charge on any atom is 0.331 e. The second kappa shape index (κ2) is 10.3. The molecule has 7 nitrogen and oxygen atoms in total. The summed E-state index contributed by atoms with van der Waals surface area (Å²) in [5.74, 6) is -0.438. The molecule has 0 bridgehead atoms. The Morgan fingerprint density at radius 3 is 2.58 bits per heavy atom. The van der Waals surface area contributed by atoms with E-state index >= 15 is 0 Å². The van der Waals surface area contributed by atoms with Crippen molar-refractivity contribution in [2.45, 2.75) is 19.0 Å². The summed E-state index contributed by atoms with van der Waals surface area (Å²) in [5.41, 5.74) is 1.63. The van der Waals surface area contributed by atoms with E-state index in [1.54, 1.807) is 37.5 Å². The van der Waals surface area contributed by atoms with Gasteiger partial charge in [0.25, 0.3) is 5.91 Å². The smallest absolute Gasteiger partial charge is 0.331 e. The summed E-state index contributed by atoms with van der Waals surface area (Å²) in [5, 5.41) is 0. The Hall–Kier alpha value is -3.13. The van der Waals surface area contributed by atoms with Crippen LogP contribution in [-0.2, 0) is 30.7 Å². The molecule has 3 rings (SSSR count). The number of hydrogen-bond donors (Lipinski definition) is 0. The highest BCUT2D eigenvalue weighted by Crippen LogP contribution is 2.20. The van der Waals surface area contributed by atoms with Crippen LogP contribution in [0, 0.1) is 0 Å². The van der Waals surface area contributed by atoms with Crippen LogP contribution in [0.5, 0.6) is 5.75 Å². The third-order valence-corrected chi connectivity index (χ3v) is 6.76. The normalized spacial score (nSPS) is 17.4. The van der Waals surface area contributed by atoms with Gasteiger partial charge in [0.15, 0.2) is 16.4 Å². The number of esters is 1. The fourth-order valence-corrected chi connectivity index (χ4v) is 5.13. The van der Waals surface area contributed by atoms with E-state index in [1.165, 1.54) is 11.0 Å². The van der Waals surface area contributed by atoms with E-state index in [0.717, 1.165) is 11.1 Å². The van der Waals surface area contributed by atoms with Gasteiger partial charge in [-0.1, -0.05) is 42.5 Å². The molecule has 1 aliphatic rings. The predicted molar refractivity (Wildman–Crippen MR) is 117 cm³/mol. The van der Waals surface area contributed by atoms with Gasteiger partial charge in [0, 0.05) is 18.7 Å². The molecule has 0 aliphatic carbocycles. The first-order valence-corrected chi connectivity index (χ1v) is 11.7. The number of carbonyl (C=O) groups excluding carboxylic acids is 2. The molecule has 1 amide bonds. The van der Waals surface area contributed by atoms with Crippen LogP contribution in [0.3, 0.4) is 0 Å². The Labute approximate surface area is 182 Å². The van der Waals surface area contributed by atoms with Crippen molar-refractivity contribution < 1.29 is 27.5 Å². The number of amides is 1. The number of benzene rings is 2. The number of nitrogens with zero attached hydrogens (tertiary/aromatic N) is 1. The minimum Gasteiger partial charge on any atom is -0.497 e. The fourth-order valence-electron chi connectivity index (χ4n) is 3.40. The van der Waals surface area contributed by atoms with Gasteiger partial charge in [0.1, 0.15) is 5.75 Å². The summed E-state index contributed by atoms with van der Waals surface area (Å²) >= 11 is 0. The Morgan fingerprint density at radius 2 is 1.90 bits per heavy atom. The maximum atomic E-state index is 12.8. The zero-order chi connectivity index (χ0) is 22.3. The van der Waals surface area contributed by atoms with E-state index < -0.39 is 34.4 Å².